The molecule has 3 saturated heterocycles. The lowest BCUT2D eigenvalue weighted by molar-refractivity contribution is 0.152. The zero-order chi connectivity index (χ0) is 32.7. The van der Waals surface area contributed by atoms with Crippen LogP contribution in [0.15, 0.2) is 24.4 Å². The van der Waals surface area contributed by atoms with Crippen molar-refractivity contribution in [1.29, 1.82) is 0 Å². The summed E-state index contributed by atoms with van der Waals surface area (Å²) in [5, 5.41) is 9.37. The van der Waals surface area contributed by atoms with Crippen LogP contribution in [-0.4, -0.2) is 95.9 Å². The first-order valence-electron chi connectivity index (χ1n) is 16.2. The van der Waals surface area contributed by atoms with Gasteiger partial charge in [-0.05, 0) is 67.1 Å². The summed E-state index contributed by atoms with van der Waals surface area (Å²) in [6.07, 6.45) is 5.59. The van der Waals surface area contributed by atoms with Crippen molar-refractivity contribution in [3.8, 4) is 23.1 Å². The second kappa shape index (κ2) is 13.1. The number of ether oxygens (including phenoxy) is 3. The molecule has 8 rings (SSSR count). The normalized spacial score (nSPS) is 20.0. The van der Waals surface area contributed by atoms with Crippen LogP contribution < -0.4 is 14.4 Å². The fraction of sp³-hybridized carbons (Fsp3) is 0.471. The zero-order valence-corrected chi connectivity index (χ0v) is 26.8. The number of methoxy groups -OCH3 is 2. The van der Waals surface area contributed by atoms with E-state index in [0.717, 1.165) is 24.8 Å². The number of nitrogens with zero attached hydrogens (tertiary/aromatic N) is 6. The van der Waals surface area contributed by atoms with Crippen LogP contribution in [0.4, 0.5) is 19.0 Å². The van der Waals surface area contributed by atoms with Crippen molar-refractivity contribution in [2.75, 3.05) is 58.5 Å². The molecule has 2 unspecified atom stereocenters. The molecule has 10 nitrogen and oxygen atoms in total. The van der Waals surface area contributed by atoms with Crippen LogP contribution in [0.25, 0.3) is 43.8 Å². The third-order valence-electron chi connectivity index (χ3n) is 9.44. The summed E-state index contributed by atoms with van der Waals surface area (Å²) in [4.78, 5) is 17.9. The van der Waals surface area contributed by atoms with Crippen LogP contribution in [0.3, 0.4) is 0 Å². The third kappa shape index (κ3) is 5.69. The van der Waals surface area contributed by atoms with E-state index in [4.69, 9.17) is 14.2 Å². The third-order valence-corrected chi connectivity index (χ3v) is 9.44. The first-order chi connectivity index (χ1) is 22.9. The highest BCUT2D eigenvalue weighted by atomic mass is 19.1. The molecule has 13 heteroatoms. The van der Waals surface area contributed by atoms with E-state index < -0.39 is 12.0 Å². The smallest absolute Gasteiger partial charge is 0.318 e. The van der Waals surface area contributed by atoms with Crippen LogP contribution >= 0.6 is 0 Å². The molecule has 3 aliphatic heterocycles. The number of fused-ring (bicyclic) bond motifs is 4. The van der Waals surface area contributed by atoms with E-state index in [2.05, 4.69) is 30.0 Å². The maximum absolute atomic E-state index is 16.7. The number of hydrogen-bond donors (Lipinski definition) is 1. The molecule has 6 heterocycles. The molecule has 3 aromatic heterocycles. The topological polar surface area (TPSA) is 102 Å². The molecule has 2 atom stereocenters. The highest BCUT2D eigenvalue weighted by Gasteiger charge is 2.35. The maximum Gasteiger partial charge on any atom is 0.318 e. The number of rotatable bonds is 5. The lowest BCUT2D eigenvalue weighted by atomic mass is 9.92. The number of aromatic amines is 1. The molecule has 47 heavy (non-hydrogen) atoms. The van der Waals surface area contributed by atoms with Gasteiger partial charge in [-0.25, -0.2) is 18.2 Å². The number of H-pyrrole nitrogens is 1. The van der Waals surface area contributed by atoms with Gasteiger partial charge >= 0.3 is 6.01 Å². The minimum atomic E-state index is -0.685. The largest absolute Gasteiger partial charge is 0.480 e. The van der Waals surface area contributed by atoms with E-state index in [1.165, 1.54) is 33.1 Å². The fourth-order valence-corrected chi connectivity index (χ4v) is 7.26. The summed E-state index contributed by atoms with van der Waals surface area (Å²) in [5.41, 5.74) is 1.54. The molecule has 0 amide bonds. The van der Waals surface area contributed by atoms with Crippen LogP contribution in [-0.2, 0) is 11.2 Å². The number of anilines is 1. The summed E-state index contributed by atoms with van der Waals surface area (Å²) < 4.78 is 61.0. The Morgan fingerprint density at radius 1 is 1.02 bits per heavy atom. The number of hydrogen-bond acceptors (Lipinski definition) is 9. The van der Waals surface area contributed by atoms with E-state index in [0.29, 0.717) is 83.9 Å². The molecule has 2 aromatic carbocycles. The molecule has 248 valence electrons. The zero-order valence-electron chi connectivity index (χ0n) is 26.8. The predicted molar refractivity (Wildman–Crippen MR) is 174 cm³/mol. The van der Waals surface area contributed by atoms with Crippen LogP contribution in [0, 0.1) is 11.6 Å². The van der Waals surface area contributed by atoms with Gasteiger partial charge in [-0.1, -0.05) is 13.0 Å². The Kier molecular flexibility index (Phi) is 8.75. The monoisotopic (exact) mass is 649 g/mol. The molecule has 3 aliphatic rings. The van der Waals surface area contributed by atoms with Gasteiger partial charge in [0.25, 0.3) is 0 Å². The second-order valence-corrected chi connectivity index (χ2v) is 12.2. The van der Waals surface area contributed by atoms with Gasteiger partial charge < -0.3 is 19.1 Å². The summed E-state index contributed by atoms with van der Waals surface area (Å²) in [6.45, 7) is 6.06. The molecule has 0 radical (unpaired) electrons. The van der Waals surface area contributed by atoms with Gasteiger partial charge in [-0.3, -0.25) is 10.00 Å². The van der Waals surface area contributed by atoms with Crippen LogP contribution in [0.2, 0.25) is 0 Å². The molecule has 3 fully saturated rings. The van der Waals surface area contributed by atoms with Gasteiger partial charge in [0.15, 0.2) is 5.82 Å². The number of aromatic nitrogens is 5. The van der Waals surface area contributed by atoms with Crippen LogP contribution in [0.5, 0.6) is 11.9 Å². The summed E-state index contributed by atoms with van der Waals surface area (Å²) in [7, 11) is 2.90. The summed E-state index contributed by atoms with van der Waals surface area (Å²) in [5.74, 6) is -0.441. The second-order valence-electron chi connectivity index (χ2n) is 12.2. The van der Waals surface area contributed by atoms with E-state index in [1.807, 2.05) is 17.9 Å². The Bertz CT molecular complexity index is 1920. The van der Waals surface area contributed by atoms with Crippen molar-refractivity contribution in [2.24, 2.45) is 0 Å². The van der Waals surface area contributed by atoms with Gasteiger partial charge in [0.1, 0.15) is 34.4 Å². The Balaban J connectivity index is 0.000000334. The number of aryl methyl sites for hydroxylation is 1. The average Bonchev–Trinajstić information content (AvgIpc) is 3.75. The highest BCUT2D eigenvalue weighted by Crippen LogP contribution is 2.43. The van der Waals surface area contributed by atoms with Crippen molar-refractivity contribution >= 4 is 38.4 Å². The average molecular weight is 650 g/mol. The number of benzene rings is 2. The molecule has 5 aromatic rings. The minimum Gasteiger partial charge on any atom is -0.480 e. The maximum atomic E-state index is 16.7. The number of pyridine rings is 1. The van der Waals surface area contributed by atoms with E-state index in [1.54, 1.807) is 12.3 Å². The van der Waals surface area contributed by atoms with Crippen molar-refractivity contribution in [2.45, 2.75) is 51.2 Å². The number of alkyl halides is 1. The van der Waals surface area contributed by atoms with Crippen LogP contribution in [0.1, 0.15) is 38.2 Å². The molecule has 0 saturated carbocycles. The van der Waals surface area contributed by atoms with Gasteiger partial charge in [0.2, 0.25) is 5.88 Å². The SMILES string of the molecule is CCc1c(F)ccc2cc3[nH]ncc3c(-c3nc(OC)c4c(N5CCCOCC5)nc(OC)nc4c3F)c12.FC1CC2CCCN2C1. The Morgan fingerprint density at radius 3 is 2.68 bits per heavy atom. The first-order valence-corrected chi connectivity index (χ1v) is 16.2. The van der Waals surface area contributed by atoms with Gasteiger partial charge in [0, 0.05) is 43.2 Å². The molecule has 0 aliphatic carbocycles. The molecular weight excluding hydrogens is 611 g/mol. The van der Waals surface area contributed by atoms with Crippen molar-refractivity contribution in [1.82, 2.24) is 30.0 Å². The quantitative estimate of drug-likeness (QED) is 0.246. The number of halogens is 3. The minimum absolute atomic E-state index is 0.00182. The Morgan fingerprint density at radius 2 is 1.89 bits per heavy atom. The van der Waals surface area contributed by atoms with Crippen molar-refractivity contribution in [3.05, 3.63) is 41.6 Å². The van der Waals surface area contributed by atoms with Gasteiger partial charge in [-0.2, -0.15) is 15.1 Å². The van der Waals surface area contributed by atoms with E-state index in [-0.39, 0.29) is 28.9 Å². The fourth-order valence-electron chi connectivity index (χ4n) is 7.26. The summed E-state index contributed by atoms with van der Waals surface area (Å²) >= 11 is 0. The summed E-state index contributed by atoms with van der Waals surface area (Å²) in [6, 6.07) is 5.60. The number of nitrogens with one attached hydrogen (secondary N) is 1. The van der Waals surface area contributed by atoms with E-state index >= 15 is 8.78 Å². The first kappa shape index (κ1) is 31.4. The Hall–Kier alpha value is -4.23. The lowest BCUT2D eigenvalue weighted by Gasteiger charge is -2.23. The Labute approximate surface area is 270 Å². The van der Waals surface area contributed by atoms with Crippen molar-refractivity contribution in [3.63, 3.8) is 0 Å². The highest BCUT2D eigenvalue weighted by molar-refractivity contribution is 6.13. The van der Waals surface area contributed by atoms with E-state index in [9.17, 15) is 4.39 Å². The molecule has 1 N–H and O–H groups in total. The van der Waals surface area contributed by atoms with Gasteiger partial charge in [0.05, 0.1) is 32.5 Å². The molecular formula is C34H38F3N7O3. The molecule has 0 bridgehead atoms. The van der Waals surface area contributed by atoms with Crippen molar-refractivity contribution < 1.29 is 27.4 Å². The molecule has 0 spiro atoms. The lowest BCUT2D eigenvalue weighted by Crippen LogP contribution is -2.27. The standard InChI is InChI=1S/C27H26F2N6O3.C7H12FN/c1-4-15-17(28)7-6-14-12-18-16(13-30-34-18)20(19(14)15)23-22(29)24-21(26(31-23)36-2)25(33-27(32-24)37-3)35-8-5-10-38-11-9-35;8-6-4-7-2-1-3-9(7)5-6/h6-7,12-13H,4-5,8-11H2,1-3H3,(H,30,34);6-7H,1-5H2. The van der Waals surface area contributed by atoms with Gasteiger partial charge in [-0.15, -0.1) is 0 Å². The predicted octanol–water partition coefficient (Wildman–Crippen LogP) is 6.00.